The molecular formula is C8H16N2O. The van der Waals surface area contributed by atoms with E-state index < -0.39 is 0 Å². The molecule has 0 radical (unpaired) electrons. The van der Waals surface area contributed by atoms with Crippen molar-refractivity contribution in [3.05, 3.63) is 0 Å². The van der Waals surface area contributed by atoms with Gasteiger partial charge in [-0.25, -0.2) is 0 Å². The lowest BCUT2D eigenvalue weighted by molar-refractivity contribution is -0.122. The number of nitrogens with one attached hydrogen (secondary N) is 2. The van der Waals surface area contributed by atoms with Gasteiger partial charge in [0, 0.05) is 19.1 Å². The molecule has 0 aromatic rings. The minimum atomic E-state index is 0.206. The van der Waals surface area contributed by atoms with Crippen LogP contribution < -0.4 is 10.6 Å². The van der Waals surface area contributed by atoms with Crippen molar-refractivity contribution in [3.63, 3.8) is 0 Å². The highest BCUT2D eigenvalue weighted by Gasteiger charge is 2.23. The molecule has 0 aromatic heterocycles. The van der Waals surface area contributed by atoms with E-state index in [2.05, 4.69) is 24.5 Å². The normalized spacial score (nSPS) is 24.3. The monoisotopic (exact) mass is 156 g/mol. The van der Waals surface area contributed by atoms with E-state index in [1.807, 2.05) is 0 Å². The Morgan fingerprint density at radius 2 is 2.45 bits per heavy atom. The summed E-state index contributed by atoms with van der Waals surface area (Å²) in [6.45, 7) is 5.85. The first-order valence-corrected chi connectivity index (χ1v) is 4.21. The summed E-state index contributed by atoms with van der Waals surface area (Å²) < 4.78 is 0. The van der Waals surface area contributed by atoms with Crippen molar-refractivity contribution in [1.29, 1.82) is 0 Å². The Kier molecular flexibility index (Phi) is 2.88. The van der Waals surface area contributed by atoms with Crippen LogP contribution in [0.4, 0.5) is 0 Å². The van der Waals surface area contributed by atoms with Crippen molar-refractivity contribution in [1.82, 2.24) is 10.6 Å². The van der Waals surface area contributed by atoms with Crippen molar-refractivity contribution in [2.45, 2.75) is 26.3 Å². The number of hydrogen-bond acceptors (Lipinski definition) is 2. The lowest BCUT2D eigenvalue weighted by Crippen LogP contribution is -2.32. The molecule has 0 spiro atoms. The molecule has 0 saturated carbocycles. The van der Waals surface area contributed by atoms with Gasteiger partial charge in [-0.2, -0.15) is 0 Å². The molecule has 1 aliphatic rings. The second-order valence-corrected chi connectivity index (χ2v) is 3.34. The first kappa shape index (κ1) is 8.53. The lowest BCUT2D eigenvalue weighted by Gasteiger charge is -2.10. The van der Waals surface area contributed by atoms with Gasteiger partial charge in [-0.15, -0.1) is 0 Å². The molecule has 0 unspecified atom stereocenters. The highest BCUT2D eigenvalue weighted by atomic mass is 16.2. The summed E-state index contributed by atoms with van der Waals surface area (Å²) in [5.74, 6) is 0.413. The zero-order chi connectivity index (χ0) is 8.27. The Labute approximate surface area is 67.5 Å². The topological polar surface area (TPSA) is 41.1 Å². The number of carbonyl (C=O) groups is 1. The first-order valence-electron chi connectivity index (χ1n) is 4.21. The van der Waals surface area contributed by atoms with E-state index in [4.69, 9.17) is 0 Å². The molecule has 1 amide bonds. The Hall–Kier alpha value is -0.570. The van der Waals surface area contributed by atoms with Crippen LogP contribution in [0.5, 0.6) is 0 Å². The first-order chi connectivity index (χ1) is 5.20. The molecule has 0 aromatic carbocycles. The summed E-state index contributed by atoms with van der Waals surface area (Å²) in [4.78, 5) is 11.0. The van der Waals surface area contributed by atoms with E-state index in [1.165, 1.54) is 0 Å². The smallest absolute Gasteiger partial charge is 0.224 e. The SMILES string of the molecule is CC(C)NC[C@H]1CCNC1=O. The third-order valence-electron chi connectivity index (χ3n) is 1.94. The molecule has 3 nitrogen and oxygen atoms in total. The maximum atomic E-state index is 11.0. The van der Waals surface area contributed by atoms with Gasteiger partial charge < -0.3 is 10.6 Å². The number of amides is 1. The molecule has 0 aliphatic carbocycles. The molecular weight excluding hydrogens is 140 g/mol. The second kappa shape index (κ2) is 3.72. The van der Waals surface area contributed by atoms with Gasteiger partial charge in [0.2, 0.25) is 5.91 Å². The van der Waals surface area contributed by atoms with Crippen molar-refractivity contribution in [2.24, 2.45) is 5.92 Å². The van der Waals surface area contributed by atoms with Crippen LogP contribution in [-0.2, 0) is 4.79 Å². The third-order valence-corrected chi connectivity index (χ3v) is 1.94. The van der Waals surface area contributed by atoms with Crippen molar-refractivity contribution in [3.8, 4) is 0 Å². The standard InChI is InChI=1S/C8H16N2O/c1-6(2)10-5-7-3-4-9-8(7)11/h6-7,10H,3-5H2,1-2H3,(H,9,11)/t7-/m1/s1. The zero-order valence-electron chi connectivity index (χ0n) is 7.18. The van der Waals surface area contributed by atoms with Crippen molar-refractivity contribution < 1.29 is 4.79 Å². The van der Waals surface area contributed by atoms with Gasteiger partial charge in [0.15, 0.2) is 0 Å². The van der Waals surface area contributed by atoms with Gasteiger partial charge in [-0.3, -0.25) is 4.79 Å². The molecule has 64 valence electrons. The summed E-state index contributed by atoms with van der Waals surface area (Å²) in [5, 5.41) is 6.07. The van der Waals surface area contributed by atoms with E-state index in [1.54, 1.807) is 0 Å². The van der Waals surface area contributed by atoms with Crippen molar-refractivity contribution in [2.75, 3.05) is 13.1 Å². The van der Waals surface area contributed by atoms with Gasteiger partial charge in [0.25, 0.3) is 0 Å². The number of carbonyl (C=O) groups excluding carboxylic acids is 1. The van der Waals surface area contributed by atoms with Crippen LogP contribution in [0.3, 0.4) is 0 Å². The Balaban J connectivity index is 2.20. The fraction of sp³-hybridized carbons (Fsp3) is 0.875. The molecule has 1 atom stereocenters. The average Bonchev–Trinajstić information content (AvgIpc) is 2.31. The molecule has 2 N–H and O–H groups in total. The highest BCUT2D eigenvalue weighted by molar-refractivity contribution is 5.80. The number of hydrogen-bond donors (Lipinski definition) is 2. The molecule has 3 heteroatoms. The summed E-state index contributed by atoms with van der Waals surface area (Å²) >= 11 is 0. The number of rotatable bonds is 3. The Morgan fingerprint density at radius 1 is 1.73 bits per heavy atom. The quantitative estimate of drug-likeness (QED) is 0.609. The van der Waals surface area contributed by atoms with Crippen LogP contribution in [-0.4, -0.2) is 25.0 Å². The van der Waals surface area contributed by atoms with E-state index in [9.17, 15) is 4.79 Å². The fourth-order valence-electron chi connectivity index (χ4n) is 1.22. The highest BCUT2D eigenvalue weighted by Crippen LogP contribution is 2.07. The van der Waals surface area contributed by atoms with Crippen LogP contribution >= 0.6 is 0 Å². The summed E-state index contributed by atoms with van der Waals surface area (Å²) in [5.41, 5.74) is 0. The Bertz CT molecular complexity index is 145. The van der Waals surface area contributed by atoms with Crippen LogP contribution in [0.25, 0.3) is 0 Å². The molecule has 1 rings (SSSR count). The van der Waals surface area contributed by atoms with E-state index in [-0.39, 0.29) is 11.8 Å². The Morgan fingerprint density at radius 3 is 2.91 bits per heavy atom. The van der Waals surface area contributed by atoms with Gasteiger partial charge in [0.05, 0.1) is 5.92 Å². The average molecular weight is 156 g/mol. The summed E-state index contributed by atoms with van der Waals surface area (Å²) in [6, 6.07) is 0.475. The van der Waals surface area contributed by atoms with Crippen LogP contribution in [0.1, 0.15) is 20.3 Å². The maximum Gasteiger partial charge on any atom is 0.224 e. The fourth-order valence-corrected chi connectivity index (χ4v) is 1.22. The lowest BCUT2D eigenvalue weighted by atomic mass is 10.1. The van der Waals surface area contributed by atoms with Crippen LogP contribution in [0.2, 0.25) is 0 Å². The van der Waals surface area contributed by atoms with Gasteiger partial charge in [0.1, 0.15) is 0 Å². The molecule has 1 heterocycles. The van der Waals surface area contributed by atoms with E-state index in [0.717, 1.165) is 19.5 Å². The van der Waals surface area contributed by atoms with E-state index in [0.29, 0.717) is 6.04 Å². The maximum absolute atomic E-state index is 11.0. The molecule has 0 bridgehead atoms. The summed E-state index contributed by atoms with van der Waals surface area (Å²) in [6.07, 6.45) is 0.985. The molecule has 11 heavy (non-hydrogen) atoms. The van der Waals surface area contributed by atoms with Crippen molar-refractivity contribution >= 4 is 5.91 Å². The minimum absolute atomic E-state index is 0.206. The minimum Gasteiger partial charge on any atom is -0.356 e. The predicted molar refractivity (Wildman–Crippen MR) is 44.3 cm³/mol. The predicted octanol–water partition coefficient (Wildman–Crippen LogP) is 0.120. The molecule has 1 aliphatic heterocycles. The van der Waals surface area contributed by atoms with Gasteiger partial charge in [-0.1, -0.05) is 13.8 Å². The largest absolute Gasteiger partial charge is 0.356 e. The van der Waals surface area contributed by atoms with Gasteiger partial charge >= 0.3 is 0 Å². The molecule has 1 saturated heterocycles. The van der Waals surface area contributed by atoms with Gasteiger partial charge in [-0.05, 0) is 6.42 Å². The van der Waals surface area contributed by atoms with E-state index >= 15 is 0 Å². The van der Waals surface area contributed by atoms with Crippen LogP contribution in [0.15, 0.2) is 0 Å². The second-order valence-electron chi connectivity index (χ2n) is 3.34. The zero-order valence-corrected chi connectivity index (χ0v) is 7.18. The van der Waals surface area contributed by atoms with Crippen LogP contribution in [0, 0.1) is 5.92 Å². The third kappa shape index (κ3) is 2.50. The molecule has 1 fully saturated rings. The summed E-state index contributed by atoms with van der Waals surface area (Å²) in [7, 11) is 0.